The summed E-state index contributed by atoms with van der Waals surface area (Å²) in [5, 5.41) is 11.0. The average molecular weight is 491 g/mol. The number of amides is 1. The molecular formula is C23H24BrFN2O4. The highest BCUT2D eigenvalue weighted by atomic mass is 79.9. The van der Waals surface area contributed by atoms with Crippen molar-refractivity contribution in [2.45, 2.75) is 12.5 Å². The van der Waals surface area contributed by atoms with E-state index >= 15 is 0 Å². The summed E-state index contributed by atoms with van der Waals surface area (Å²) in [6.07, 6.45) is 0.657. The number of Topliss-reactive ketones (excluding diaryl/α,β-unsaturated/α-hetero) is 1. The highest BCUT2D eigenvalue weighted by Crippen LogP contribution is 2.40. The summed E-state index contributed by atoms with van der Waals surface area (Å²) in [4.78, 5) is 29.3. The highest BCUT2D eigenvalue weighted by molar-refractivity contribution is 9.10. The van der Waals surface area contributed by atoms with Gasteiger partial charge in [-0.15, -0.1) is 0 Å². The molecule has 1 amide bonds. The summed E-state index contributed by atoms with van der Waals surface area (Å²) in [5.41, 5.74) is 0.733. The van der Waals surface area contributed by atoms with Crippen LogP contribution in [-0.2, 0) is 9.59 Å². The van der Waals surface area contributed by atoms with Gasteiger partial charge in [0.15, 0.2) is 11.6 Å². The number of methoxy groups -OCH3 is 1. The van der Waals surface area contributed by atoms with Crippen LogP contribution in [0.2, 0.25) is 0 Å². The number of halogens is 2. The number of carbonyl (C=O) groups is 2. The monoisotopic (exact) mass is 490 g/mol. The van der Waals surface area contributed by atoms with Crippen molar-refractivity contribution in [2.75, 3.05) is 34.3 Å². The van der Waals surface area contributed by atoms with Gasteiger partial charge in [0.05, 0.1) is 18.7 Å². The fourth-order valence-corrected chi connectivity index (χ4v) is 3.89. The fraction of sp³-hybridized carbons (Fsp3) is 0.304. The van der Waals surface area contributed by atoms with Crippen LogP contribution in [0.5, 0.6) is 5.75 Å². The van der Waals surface area contributed by atoms with Gasteiger partial charge in [0.1, 0.15) is 5.76 Å². The number of hydrogen-bond donors (Lipinski definition) is 1. The van der Waals surface area contributed by atoms with Gasteiger partial charge < -0.3 is 19.6 Å². The van der Waals surface area contributed by atoms with Crippen molar-refractivity contribution in [3.63, 3.8) is 0 Å². The Balaban J connectivity index is 2.10. The number of hydrogen-bond acceptors (Lipinski definition) is 5. The van der Waals surface area contributed by atoms with Crippen molar-refractivity contribution in [3.8, 4) is 5.75 Å². The molecule has 0 saturated carbocycles. The third kappa shape index (κ3) is 4.80. The van der Waals surface area contributed by atoms with Gasteiger partial charge >= 0.3 is 0 Å². The number of aliphatic hydroxyl groups is 1. The first kappa shape index (κ1) is 23.0. The van der Waals surface area contributed by atoms with Crippen LogP contribution in [0.15, 0.2) is 52.5 Å². The Hall–Kier alpha value is -2.71. The molecule has 1 aliphatic heterocycles. The first-order chi connectivity index (χ1) is 14.7. The quantitative estimate of drug-likeness (QED) is 0.361. The summed E-state index contributed by atoms with van der Waals surface area (Å²) >= 11 is 3.39. The van der Waals surface area contributed by atoms with Crippen LogP contribution in [0.1, 0.15) is 23.6 Å². The maximum absolute atomic E-state index is 14.2. The van der Waals surface area contributed by atoms with Crippen molar-refractivity contribution < 1.29 is 23.8 Å². The van der Waals surface area contributed by atoms with Gasteiger partial charge in [-0.1, -0.05) is 28.1 Å². The molecule has 31 heavy (non-hydrogen) atoms. The van der Waals surface area contributed by atoms with E-state index in [1.165, 1.54) is 24.1 Å². The fourth-order valence-electron chi connectivity index (χ4n) is 3.63. The maximum atomic E-state index is 14.2. The molecule has 0 unspecified atom stereocenters. The van der Waals surface area contributed by atoms with Crippen LogP contribution < -0.4 is 4.74 Å². The van der Waals surface area contributed by atoms with Gasteiger partial charge in [0, 0.05) is 16.6 Å². The Bertz CT molecular complexity index is 1020. The van der Waals surface area contributed by atoms with E-state index in [9.17, 15) is 19.1 Å². The van der Waals surface area contributed by atoms with Gasteiger partial charge in [0.25, 0.3) is 11.7 Å². The second-order valence-corrected chi connectivity index (χ2v) is 8.47. The van der Waals surface area contributed by atoms with Crippen molar-refractivity contribution >= 4 is 33.4 Å². The lowest BCUT2D eigenvalue weighted by Gasteiger charge is -2.26. The number of ketones is 1. The molecule has 0 aromatic heterocycles. The van der Waals surface area contributed by atoms with E-state index in [0.717, 1.165) is 17.1 Å². The SMILES string of the molecule is COc1ccc(C(O)=C2C(=O)C(=O)N(CCCN(C)C)[C@H]2c2ccc(Br)cc2)cc1F. The van der Waals surface area contributed by atoms with Crippen LogP contribution in [0.4, 0.5) is 4.39 Å². The van der Waals surface area contributed by atoms with E-state index in [4.69, 9.17) is 4.74 Å². The standard InChI is InChI=1S/C23H24BrFN2O4/c1-26(2)11-4-12-27-20(14-5-8-16(24)9-6-14)19(22(29)23(27)30)21(28)15-7-10-18(31-3)17(25)13-15/h5-10,13,20,28H,4,11-12H2,1-3H3/t20-/m0/s1. The Morgan fingerprint density at radius 1 is 1.19 bits per heavy atom. The second-order valence-electron chi connectivity index (χ2n) is 7.55. The first-order valence-electron chi connectivity index (χ1n) is 9.77. The molecule has 6 nitrogen and oxygen atoms in total. The second kappa shape index (κ2) is 9.62. The highest BCUT2D eigenvalue weighted by Gasteiger charge is 2.45. The van der Waals surface area contributed by atoms with Crippen LogP contribution in [-0.4, -0.2) is 60.9 Å². The lowest BCUT2D eigenvalue weighted by molar-refractivity contribution is -0.139. The van der Waals surface area contributed by atoms with Crippen LogP contribution >= 0.6 is 15.9 Å². The normalized spacial score (nSPS) is 18.1. The van der Waals surface area contributed by atoms with E-state index in [-0.39, 0.29) is 16.9 Å². The zero-order valence-corrected chi connectivity index (χ0v) is 19.1. The average Bonchev–Trinajstić information content (AvgIpc) is 2.98. The molecule has 1 fully saturated rings. The van der Waals surface area contributed by atoms with Crippen molar-refractivity contribution in [1.29, 1.82) is 0 Å². The van der Waals surface area contributed by atoms with E-state index < -0.39 is 29.3 Å². The van der Waals surface area contributed by atoms with Crippen LogP contribution in [0.25, 0.3) is 5.76 Å². The summed E-state index contributed by atoms with van der Waals surface area (Å²) < 4.78 is 20.0. The molecule has 0 bridgehead atoms. The van der Waals surface area contributed by atoms with Gasteiger partial charge in [-0.05, 0) is 63.0 Å². The molecule has 1 saturated heterocycles. The summed E-state index contributed by atoms with van der Waals surface area (Å²) in [7, 11) is 5.20. The minimum absolute atomic E-state index is 0.0187. The predicted molar refractivity (Wildman–Crippen MR) is 119 cm³/mol. The van der Waals surface area contributed by atoms with Crippen LogP contribution in [0.3, 0.4) is 0 Å². The third-order valence-electron chi connectivity index (χ3n) is 5.16. The predicted octanol–water partition coefficient (Wildman–Crippen LogP) is 3.97. The summed E-state index contributed by atoms with van der Waals surface area (Å²) in [6.45, 7) is 1.08. The zero-order chi connectivity index (χ0) is 22.7. The number of aliphatic hydroxyl groups excluding tert-OH is 1. The van der Waals surface area contributed by atoms with Gasteiger partial charge in [0.2, 0.25) is 0 Å². The minimum Gasteiger partial charge on any atom is -0.507 e. The molecule has 1 N–H and O–H groups in total. The molecule has 1 heterocycles. The molecule has 1 atom stereocenters. The van der Waals surface area contributed by atoms with E-state index in [0.29, 0.717) is 18.5 Å². The Labute approximate surface area is 189 Å². The molecular weight excluding hydrogens is 467 g/mol. The Morgan fingerprint density at radius 3 is 2.45 bits per heavy atom. The molecule has 0 aliphatic carbocycles. The molecule has 2 aromatic carbocycles. The number of carbonyl (C=O) groups excluding carboxylic acids is 2. The maximum Gasteiger partial charge on any atom is 0.295 e. The number of nitrogens with zero attached hydrogens (tertiary/aromatic N) is 2. The van der Waals surface area contributed by atoms with E-state index in [1.807, 2.05) is 31.1 Å². The largest absolute Gasteiger partial charge is 0.507 e. The van der Waals surface area contributed by atoms with Crippen molar-refractivity contribution in [1.82, 2.24) is 9.80 Å². The number of ether oxygens (including phenoxy) is 1. The van der Waals surface area contributed by atoms with E-state index in [2.05, 4.69) is 15.9 Å². The van der Waals surface area contributed by atoms with Gasteiger partial charge in [-0.25, -0.2) is 4.39 Å². The summed E-state index contributed by atoms with van der Waals surface area (Å²) in [6, 6.07) is 10.3. The number of likely N-dealkylation sites (tertiary alicyclic amines) is 1. The third-order valence-corrected chi connectivity index (χ3v) is 5.68. The topological polar surface area (TPSA) is 70.1 Å². The van der Waals surface area contributed by atoms with E-state index in [1.54, 1.807) is 12.1 Å². The molecule has 3 rings (SSSR count). The minimum atomic E-state index is -0.786. The molecule has 1 aliphatic rings. The lowest BCUT2D eigenvalue weighted by atomic mass is 9.95. The Morgan fingerprint density at radius 2 is 1.87 bits per heavy atom. The number of rotatable bonds is 7. The smallest absolute Gasteiger partial charge is 0.295 e. The van der Waals surface area contributed by atoms with Crippen LogP contribution in [0, 0.1) is 5.82 Å². The van der Waals surface area contributed by atoms with Crippen molar-refractivity contribution in [3.05, 3.63) is 69.5 Å². The molecule has 164 valence electrons. The lowest BCUT2D eigenvalue weighted by Crippen LogP contribution is -2.32. The van der Waals surface area contributed by atoms with Gasteiger partial charge in [-0.2, -0.15) is 0 Å². The Kier molecular flexibility index (Phi) is 7.12. The molecule has 8 heteroatoms. The summed E-state index contributed by atoms with van der Waals surface area (Å²) in [5.74, 6) is -2.53. The first-order valence-corrected chi connectivity index (χ1v) is 10.6. The molecule has 2 aromatic rings. The van der Waals surface area contributed by atoms with Gasteiger partial charge in [-0.3, -0.25) is 9.59 Å². The van der Waals surface area contributed by atoms with Crippen molar-refractivity contribution in [2.24, 2.45) is 0 Å². The number of benzene rings is 2. The molecule has 0 spiro atoms. The molecule has 0 radical (unpaired) electrons. The zero-order valence-electron chi connectivity index (χ0n) is 17.6.